The second-order valence-electron chi connectivity index (χ2n) is 13.3. The lowest BCUT2D eigenvalue weighted by atomic mass is 10.0. The van der Waals surface area contributed by atoms with Crippen molar-refractivity contribution >= 4 is 45.8 Å². The van der Waals surface area contributed by atoms with Crippen molar-refractivity contribution < 1.29 is 29.0 Å². The van der Waals surface area contributed by atoms with E-state index < -0.39 is 35.6 Å². The fourth-order valence-corrected chi connectivity index (χ4v) is 7.95. The summed E-state index contributed by atoms with van der Waals surface area (Å²) in [6, 6.07) is 17.4. The molecule has 0 bridgehead atoms. The van der Waals surface area contributed by atoms with Gasteiger partial charge in [0.05, 0.1) is 29.6 Å². The summed E-state index contributed by atoms with van der Waals surface area (Å²) in [5.74, 6) is -0.850. The summed E-state index contributed by atoms with van der Waals surface area (Å²) in [7, 11) is 1.60. The molecule has 3 N–H and O–H groups in total. The van der Waals surface area contributed by atoms with Crippen LogP contribution in [0.2, 0.25) is 0 Å². The minimum atomic E-state index is -1.30. The molecule has 49 heavy (non-hydrogen) atoms. The predicted octanol–water partition coefficient (Wildman–Crippen LogP) is 5.90. The maximum Gasteiger partial charge on any atom is 0.329 e. The van der Waals surface area contributed by atoms with Gasteiger partial charge in [0.2, 0.25) is 17.7 Å². The number of aliphatic carboxylic acids is 1. The smallest absolute Gasteiger partial charge is 0.329 e. The van der Waals surface area contributed by atoms with Crippen LogP contribution >= 0.6 is 11.3 Å². The number of benzene rings is 2. The van der Waals surface area contributed by atoms with Crippen LogP contribution in [0.5, 0.6) is 11.6 Å². The number of amides is 2. The minimum Gasteiger partial charge on any atom is -0.497 e. The summed E-state index contributed by atoms with van der Waals surface area (Å²) < 4.78 is 12.0. The minimum absolute atomic E-state index is 0.121. The third kappa shape index (κ3) is 6.92. The molecule has 11 nitrogen and oxygen atoms in total. The highest BCUT2D eigenvalue weighted by Crippen LogP contribution is 2.47. The first-order valence-corrected chi connectivity index (χ1v) is 18.0. The fraction of sp³-hybridized carbons (Fsp3) is 0.432. The topological polar surface area (TPSA) is 143 Å². The Bertz CT molecular complexity index is 1820. The van der Waals surface area contributed by atoms with Gasteiger partial charge in [-0.05, 0) is 60.9 Å². The van der Waals surface area contributed by atoms with E-state index in [-0.39, 0.29) is 24.8 Å². The van der Waals surface area contributed by atoms with Crippen LogP contribution in [0.1, 0.15) is 57.8 Å². The van der Waals surface area contributed by atoms with Gasteiger partial charge in [-0.3, -0.25) is 9.59 Å². The van der Waals surface area contributed by atoms with Gasteiger partial charge in [0.15, 0.2) is 0 Å². The Morgan fingerprint density at radius 3 is 2.55 bits per heavy atom. The van der Waals surface area contributed by atoms with Gasteiger partial charge >= 0.3 is 5.97 Å². The molecule has 2 aliphatic heterocycles. The van der Waals surface area contributed by atoms with Crippen molar-refractivity contribution in [3.8, 4) is 22.2 Å². The second kappa shape index (κ2) is 14.0. The molecule has 3 fully saturated rings. The fourth-order valence-electron chi connectivity index (χ4n) is 7.25. The molecule has 4 aromatic rings. The van der Waals surface area contributed by atoms with Gasteiger partial charge in [-0.2, -0.15) is 0 Å². The Morgan fingerprint density at radius 1 is 1.00 bits per heavy atom. The zero-order chi connectivity index (χ0) is 34.0. The maximum absolute atomic E-state index is 14.5. The predicted molar refractivity (Wildman–Crippen MR) is 187 cm³/mol. The zero-order valence-corrected chi connectivity index (χ0v) is 28.3. The Morgan fingerprint density at radius 2 is 1.80 bits per heavy atom. The van der Waals surface area contributed by atoms with Gasteiger partial charge in [-0.25, -0.2) is 14.8 Å². The summed E-state index contributed by atoms with van der Waals surface area (Å²) in [6.07, 6.45) is 6.10. The van der Waals surface area contributed by atoms with Crippen LogP contribution in [0.3, 0.4) is 0 Å². The van der Waals surface area contributed by atoms with Gasteiger partial charge in [0, 0.05) is 18.2 Å². The standard InChI is InChI=1S/C37H41N5O6S/c1-47-25-16-17-27-29(19-25)39-32(31-15-10-18-49-31)34(40-27)48-26-20-30-33(43)41-37(36(45)46)21-23(37)11-6-3-2-4-9-14-28(35(44)42(30)22-26)38-24-12-7-5-8-13-24/h5,7-8,10,12-13,15-19,23,26,28,30,38H,2-4,6,9,11,14,20-22H2,1H3,(H,41,43)(H,45,46)/t23-,26-,28+,30+,37-/m1/s1. The van der Waals surface area contributed by atoms with Crippen molar-refractivity contribution in [2.45, 2.75) is 81.5 Å². The lowest BCUT2D eigenvalue weighted by Crippen LogP contribution is -2.55. The third-order valence-electron chi connectivity index (χ3n) is 10.0. The van der Waals surface area contributed by atoms with Crippen molar-refractivity contribution in [3.05, 3.63) is 66.0 Å². The molecule has 2 amide bonds. The van der Waals surface area contributed by atoms with Crippen LogP contribution in [0.4, 0.5) is 5.69 Å². The summed E-state index contributed by atoms with van der Waals surface area (Å²) in [5, 5.41) is 18.5. The highest BCUT2D eigenvalue weighted by molar-refractivity contribution is 7.13. The maximum atomic E-state index is 14.5. The van der Waals surface area contributed by atoms with E-state index in [0.717, 1.165) is 49.1 Å². The van der Waals surface area contributed by atoms with E-state index in [2.05, 4.69) is 10.6 Å². The van der Waals surface area contributed by atoms with Gasteiger partial charge in [-0.15, -0.1) is 11.3 Å². The number of nitrogens with one attached hydrogen (secondary N) is 2. The molecule has 0 unspecified atom stereocenters. The molecule has 2 aromatic carbocycles. The van der Waals surface area contributed by atoms with Gasteiger partial charge in [0.1, 0.15) is 35.2 Å². The van der Waals surface area contributed by atoms with Crippen LogP contribution in [0, 0.1) is 5.92 Å². The largest absolute Gasteiger partial charge is 0.497 e. The lowest BCUT2D eigenvalue weighted by molar-refractivity contribution is -0.145. The monoisotopic (exact) mass is 683 g/mol. The first-order chi connectivity index (χ1) is 23.8. The van der Waals surface area contributed by atoms with Crippen LogP contribution in [0.15, 0.2) is 66.0 Å². The first-order valence-electron chi connectivity index (χ1n) is 17.1. The number of carboxylic acid groups (broad SMARTS) is 1. The van der Waals surface area contributed by atoms with Crippen LogP contribution < -0.4 is 20.1 Å². The van der Waals surface area contributed by atoms with E-state index in [1.807, 2.05) is 66.0 Å². The number of ether oxygens (including phenoxy) is 2. The van der Waals surface area contributed by atoms with E-state index >= 15 is 0 Å². The van der Waals surface area contributed by atoms with Crippen LogP contribution in [0.25, 0.3) is 21.6 Å². The number of fused-ring (bicyclic) bond motifs is 3. The van der Waals surface area contributed by atoms with E-state index in [1.54, 1.807) is 12.0 Å². The van der Waals surface area contributed by atoms with Crippen molar-refractivity contribution in [3.63, 3.8) is 0 Å². The molecule has 0 spiro atoms. The zero-order valence-electron chi connectivity index (χ0n) is 27.5. The average Bonchev–Trinajstić information content (AvgIpc) is 3.41. The van der Waals surface area contributed by atoms with Gasteiger partial charge < -0.3 is 30.1 Å². The number of hydrogen-bond acceptors (Lipinski definition) is 9. The third-order valence-corrected chi connectivity index (χ3v) is 10.9. The molecule has 1 aliphatic carbocycles. The number of aromatic nitrogens is 2. The van der Waals surface area contributed by atoms with Crippen molar-refractivity contribution in [1.29, 1.82) is 0 Å². The summed E-state index contributed by atoms with van der Waals surface area (Å²) in [6.45, 7) is 0.138. The SMILES string of the molecule is COc1ccc2nc(O[C@@H]3C[C@H]4C(=O)N[C@]5(C(=O)O)C[C@H]5CCCCCCC[C@H](Nc5ccccc5)C(=O)N4C3)c(-c3cccs3)nc2c1. The van der Waals surface area contributed by atoms with Gasteiger partial charge in [-0.1, -0.05) is 56.4 Å². The number of thiophene rings is 1. The number of nitrogens with zero attached hydrogens (tertiary/aromatic N) is 3. The molecule has 256 valence electrons. The number of carbonyl (C=O) groups excluding carboxylic acids is 2. The molecule has 1 saturated carbocycles. The summed E-state index contributed by atoms with van der Waals surface area (Å²) in [5.41, 5.74) is 1.35. The molecule has 7 rings (SSSR count). The molecular formula is C37H41N5O6S. The Balaban J connectivity index is 1.22. The molecule has 4 heterocycles. The Labute approximate surface area is 289 Å². The highest BCUT2D eigenvalue weighted by Gasteiger charge is 2.62. The van der Waals surface area contributed by atoms with Crippen molar-refractivity contribution in [2.75, 3.05) is 19.0 Å². The Kier molecular flexibility index (Phi) is 9.40. The summed E-state index contributed by atoms with van der Waals surface area (Å²) in [4.78, 5) is 53.3. The number of carboxylic acids is 1. The van der Waals surface area contributed by atoms with E-state index in [1.165, 1.54) is 11.3 Å². The van der Waals surface area contributed by atoms with E-state index in [4.69, 9.17) is 19.4 Å². The van der Waals surface area contributed by atoms with Gasteiger partial charge in [0.25, 0.3) is 0 Å². The highest BCUT2D eigenvalue weighted by atomic mass is 32.1. The Hall–Kier alpha value is -4.71. The number of para-hydroxylation sites is 1. The summed E-state index contributed by atoms with van der Waals surface area (Å²) >= 11 is 1.51. The molecule has 2 saturated heterocycles. The second-order valence-corrected chi connectivity index (χ2v) is 14.2. The molecular weight excluding hydrogens is 643 g/mol. The number of methoxy groups -OCH3 is 1. The first kappa shape index (κ1) is 32.8. The molecule has 3 aliphatic rings. The molecule has 0 radical (unpaired) electrons. The van der Waals surface area contributed by atoms with Crippen molar-refractivity contribution in [1.82, 2.24) is 20.2 Å². The number of hydrogen-bond donors (Lipinski definition) is 3. The number of carbonyl (C=O) groups is 3. The average molecular weight is 684 g/mol. The normalized spacial score (nSPS) is 26.1. The van der Waals surface area contributed by atoms with Crippen molar-refractivity contribution in [2.24, 2.45) is 5.92 Å². The van der Waals surface area contributed by atoms with E-state index in [9.17, 15) is 19.5 Å². The molecule has 5 atom stereocenters. The quantitative estimate of drug-likeness (QED) is 0.217. The van der Waals surface area contributed by atoms with Crippen LogP contribution in [-0.4, -0.2) is 75.1 Å². The molecule has 12 heteroatoms. The molecule has 2 aromatic heterocycles. The number of rotatable bonds is 7. The van der Waals surface area contributed by atoms with Crippen LogP contribution in [-0.2, 0) is 14.4 Å². The lowest BCUT2D eigenvalue weighted by Gasteiger charge is -2.30. The van der Waals surface area contributed by atoms with E-state index in [0.29, 0.717) is 41.2 Å². The number of anilines is 1.